The van der Waals surface area contributed by atoms with E-state index in [0.717, 1.165) is 49.5 Å². The maximum Gasteiger partial charge on any atom is 0.119 e. The van der Waals surface area contributed by atoms with Crippen molar-refractivity contribution in [3.63, 3.8) is 0 Å². The van der Waals surface area contributed by atoms with Crippen molar-refractivity contribution in [2.45, 2.75) is 32.2 Å². The Morgan fingerprint density at radius 2 is 1.83 bits per heavy atom. The van der Waals surface area contributed by atoms with Crippen LogP contribution in [0.3, 0.4) is 0 Å². The van der Waals surface area contributed by atoms with Crippen molar-refractivity contribution < 1.29 is 9.84 Å². The van der Waals surface area contributed by atoms with Crippen molar-refractivity contribution in [1.82, 2.24) is 15.2 Å². The number of hydrogen-bond acceptors (Lipinski definition) is 5. The van der Waals surface area contributed by atoms with Crippen LogP contribution in [0.4, 0.5) is 0 Å². The van der Waals surface area contributed by atoms with Crippen LogP contribution in [-0.2, 0) is 26.1 Å². The quantitative estimate of drug-likeness (QED) is 0.575. The van der Waals surface area contributed by atoms with E-state index in [2.05, 4.69) is 51.6 Å². The van der Waals surface area contributed by atoms with Gasteiger partial charge >= 0.3 is 0 Å². The van der Waals surface area contributed by atoms with Gasteiger partial charge in [-0.15, -0.1) is 0 Å². The first-order valence-corrected chi connectivity index (χ1v) is 10.5. The summed E-state index contributed by atoms with van der Waals surface area (Å²) in [6.45, 7) is 4.32. The van der Waals surface area contributed by atoms with E-state index >= 15 is 0 Å². The fourth-order valence-electron chi connectivity index (χ4n) is 3.85. The number of nitrogens with one attached hydrogen (secondary N) is 1. The highest BCUT2D eigenvalue weighted by Crippen LogP contribution is 2.19. The van der Waals surface area contributed by atoms with Crippen LogP contribution in [0.1, 0.15) is 22.3 Å². The Kier molecular flexibility index (Phi) is 7.08. The summed E-state index contributed by atoms with van der Waals surface area (Å²) in [4.78, 5) is 6.43. The van der Waals surface area contributed by atoms with Crippen molar-refractivity contribution in [3.8, 4) is 5.75 Å². The van der Waals surface area contributed by atoms with Gasteiger partial charge in [-0.05, 0) is 46.9 Å². The predicted octanol–water partition coefficient (Wildman–Crippen LogP) is 3.17. The molecular formula is C25H29N3O2. The Morgan fingerprint density at radius 3 is 2.70 bits per heavy atom. The number of rotatable bonds is 9. The normalized spacial score (nSPS) is 14.8. The van der Waals surface area contributed by atoms with E-state index in [1.807, 2.05) is 30.5 Å². The van der Waals surface area contributed by atoms with Gasteiger partial charge in [0, 0.05) is 45.1 Å². The van der Waals surface area contributed by atoms with Gasteiger partial charge in [0.2, 0.25) is 0 Å². The van der Waals surface area contributed by atoms with Crippen LogP contribution >= 0.6 is 0 Å². The average Bonchev–Trinajstić information content (AvgIpc) is 2.79. The van der Waals surface area contributed by atoms with Crippen LogP contribution < -0.4 is 10.1 Å². The minimum Gasteiger partial charge on any atom is -0.491 e. The molecule has 0 saturated carbocycles. The molecule has 0 spiro atoms. The number of aromatic nitrogens is 1. The van der Waals surface area contributed by atoms with Gasteiger partial charge in [-0.1, -0.05) is 42.5 Å². The van der Waals surface area contributed by atoms with Crippen molar-refractivity contribution in [3.05, 3.63) is 95.3 Å². The van der Waals surface area contributed by atoms with E-state index in [1.165, 1.54) is 11.1 Å². The molecule has 3 aromatic rings. The number of β-amino-alcohol motifs (C(OH)–C–C–N with tert-alkyl or cyclic N) is 1. The molecule has 5 nitrogen and oxygen atoms in total. The molecule has 0 unspecified atom stereocenters. The lowest BCUT2D eigenvalue weighted by Crippen LogP contribution is -2.38. The summed E-state index contributed by atoms with van der Waals surface area (Å²) in [5.41, 5.74) is 5.10. The molecule has 0 saturated heterocycles. The molecular weight excluding hydrogens is 374 g/mol. The van der Waals surface area contributed by atoms with Gasteiger partial charge in [-0.2, -0.15) is 0 Å². The third-order valence-electron chi connectivity index (χ3n) is 5.40. The predicted molar refractivity (Wildman–Crippen MR) is 118 cm³/mol. The van der Waals surface area contributed by atoms with E-state index in [4.69, 9.17) is 4.74 Å². The van der Waals surface area contributed by atoms with E-state index in [-0.39, 0.29) is 0 Å². The zero-order chi connectivity index (χ0) is 20.6. The monoisotopic (exact) mass is 403 g/mol. The van der Waals surface area contributed by atoms with Gasteiger partial charge < -0.3 is 15.2 Å². The molecule has 0 fully saturated rings. The number of aliphatic hydroxyl groups is 1. The zero-order valence-corrected chi connectivity index (χ0v) is 17.2. The minimum atomic E-state index is -0.511. The van der Waals surface area contributed by atoms with Crippen molar-refractivity contribution >= 4 is 0 Å². The van der Waals surface area contributed by atoms with E-state index in [9.17, 15) is 5.11 Å². The number of pyridine rings is 1. The fraction of sp³-hybridized carbons (Fsp3) is 0.320. The molecule has 1 aliphatic heterocycles. The summed E-state index contributed by atoms with van der Waals surface area (Å²) < 4.78 is 5.87. The molecule has 0 bridgehead atoms. The van der Waals surface area contributed by atoms with Gasteiger partial charge in [0.1, 0.15) is 18.5 Å². The molecule has 5 heteroatoms. The fourth-order valence-corrected chi connectivity index (χ4v) is 3.85. The summed E-state index contributed by atoms with van der Waals surface area (Å²) in [7, 11) is 0. The Morgan fingerprint density at radius 1 is 1.00 bits per heavy atom. The van der Waals surface area contributed by atoms with E-state index in [0.29, 0.717) is 13.2 Å². The smallest absolute Gasteiger partial charge is 0.119 e. The molecule has 30 heavy (non-hydrogen) atoms. The molecule has 0 radical (unpaired) electrons. The van der Waals surface area contributed by atoms with Gasteiger partial charge in [-0.25, -0.2) is 0 Å². The molecule has 1 aromatic heterocycles. The SMILES string of the molecule is O[C@H](COc1cccc(CNCc2cccnc2)c1)CN1CCc2ccccc2C1. The molecule has 4 rings (SSSR count). The molecule has 2 N–H and O–H groups in total. The van der Waals surface area contributed by atoms with E-state index < -0.39 is 6.10 Å². The molecule has 2 heterocycles. The number of fused-ring (bicyclic) bond motifs is 1. The van der Waals surface area contributed by atoms with Gasteiger partial charge in [-0.3, -0.25) is 9.88 Å². The van der Waals surface area contributed by atoms with Crippen molar-refractivity contribution in [2.24, 2.45) is 0 Å². The number of ether oxygens (including phenoxy) is 1. The van der Waals surface area contributed by atoms with Crippen molar-refractivity contribution in [1.29, 1.82) is 0 Å². The second-order valence-electron chi connectivity index (χ2n) is 7.83. The molecule has 0 amide bonds. The molecule has 1 atom stereocenters. The first-order valence-electron chi connectivity index (χ1n) is 10.5. The second-order valence-corrected chi connectivity index (χ2v) is 7.83. The summed E-state index contributed by atoms with van der Waals surface area (Å²) >= 11 is 0. The Hall–Kier alpha value is -2.73. The van der Waals surface area contributed by atoms with Crippen LogP contribution in [0, 0.1) is 0 Å². The van der Waals surface area contributed by atoms with Crippen LogP contribution in [0.25, 0.3) is 0 Å². The van der Waals surface area contributed by atoms with Crippen LogP contribution in [0.2, 0.25) is 0 Å². The summed E-state index contributed by atoms with van der Waals surface area (Å²) in [5.74, 6) is 0.790. The lowest BCUT2D eigenvalue weighted by Gasteiger charge is -2.30. The Balaban J connectivity index is 1.21. The van der Waals surface area contributed by atoms with Crippen molar-refractivity contribution in [2.75, 3.05) is 19.7 Å². The summed E-state index contributed by atoms with van der Waals surface area (Å²) in [6.07, 6.45) is 4.18. The highest BCUT2D eigenvalue weighted by Gasteiger charge is 2.18. The first kappa shape index (κ1) is 20.5. The molecule has 156 valence electrons. The zero-order valence-electron chi connectivity index (χ0n) is 17.2. The maximum atomic E-state index is 10.5. The third kappa shape index (κ3) is 5.89. The lowest BCUT2D eigenvalue weighted by atomic mass is 10.00. The van der Waals surface area contributed by atoms with Gasteiger partial charge in [0.25, 0.3) is 0 Å². The number of hydrogen-bond donors (Lipinski definition) is 2. The first-order chi connectivity index (χ1) is 14.8. The number of benzene rings is 2. The second kappa shape index (κ2) is 10.3. The highest BCUT2D eigenvalue weighted by molar-refractivity contribution is 5.29. The Bertz CT molecular complexity index is 932. The van der Waals surface area contributed by atoms with Crippen LogP contribution in [0.15, 0.2) is 73.1 Å². The molecule has 1 aliphatic rings. The van der Waals surface area contributed by atoms with E-state index in [1.54, 1.807) is 6.20 Å². The largest absolute Gasteiger partial charge is 0.491 e. The third-order valence-corrected chi connectivity index (χ3v) is 5.40. The topological polar surface area (TPSA) is 57.6 Å². The minimum absolute atomic E-state index is 0.296. The number of aliphatic hydroxyl groups excluding tert-OH is 1. The maximum absolute atomic E-state index is 10.5. The molecule has 2 aromatic carbocycles. The lowest BCUT2D eigenvalue weighted by molar-refractivity contribution is 0.0637. The standard InChI is InChI=1S/C25H29N3O2/c29-24(18-28-12-10-22-7-1-2-8-23(22)17-28)19-30-25-9-3-5-20(13-25)14-27-16-21-6-4-11-26-15-21/h1-9,11,13,15,24,27,29H,10,12,14,16-19H2/t24-/m0/s1. The van der Waals surface area contributed by atoms with Gasteiger partial charge in [0.05, 0.1) is 0 Å². The summed E-state index contributed by atoms with van der Waals surface area (Å²) in [6, 6.07) is 20.6. The van der Waals surface area contributed by atoms with Gasteiger partial charge in [0.15, 0.2) is 0 Å². The Labute approximate surface area is 178 Å². The van der Waals surface area contributed by atoms with Crippen LogP contribution in [0.5, 0.6) is 5.75 Å². The van der Waals surface area contributed by atoms with Crippen LogP contribution in [-0.4, -0.2) is 40.8 Å². The summed E-state index contributed by atoms with van der Waals surface area (Å²) in [5, 5.41) is 13.9. The highest BCUT2D eigenvalue weighted by atomic mass is 16.5. The average molecular weight is 404 g/mol. The molecule has 0 aliphatic carbocycles. The number of nitrogens with zero attached hydrogens (tertiary/aromatic N) is 2.